The topological polar surface area (TPSA) is 66.2 Å². The van der Waals surface area contributed by atoms with Crippen molar-refractivity contribution in [1.29, 1.82) is 0 Å². The molecule has 8 heteroatoms. The number of hydrogen-bond donors (Lipinski definition) is 0. The Morgan fingerprint density at radius 3 is 2.55 bits per heavy atom. The number of carbonyl (C=O) groups is 1. The number of rotatable bonds is 9. The first-order chi connectivity index (χ1) is 14.0. The SMILES string of the molecule is CCn1c(SCC(=O)c2ccc(OC)cc2)nnc1C(C)Oc1ccccc1Cl. The number of benzene rings is 2. The standard InChI is InChI=1S/C21H22ClN3O3S/c1-4-25-20(14(2)28-19-8-6-5-7-17(19)22)23-24-21(25)29-13-18(26)15-9-11-16(27-3)12-10-15/h5-12,14H,4,13H2,1-3H3. The molecule has 1 heterocycles. The highest BCUT2D eigenvalue weighted by molar-refractivity contribution is 7.99. The van der Waals surface area contributed by atoms with Crippen LogP contribution in [0.15, 0.2) is 53.7 Å². The summed E-state index contributed by atoms with van der Waals surface area (Å²) in [6.45, 7) is 4.57. The molecule has 0 spiro atoms. The van der Waals surface area contributed by atoms with Gasteiger partial charge in [-0.15, -0.1) is 10.2 Å². The summed E-state index contributed by atoms with van der Waals surface area (Å²) < 4.78 is 13.0. The van der Waals surface area contributed by atoms with Crippen LogP contribution in [0.2, 0.25) is 5.02 Å². The lowest BCUT2D eigenvalue weighted by Gasteiger charge is -2.16. The van der Waals surface area contributed by atoms with E-state index in [-0.39, 0.29) is 17.6 Å². The van der Waals surface area contributed by atoms with E-state index in [0.29, 0.717) is 33.9 Å². The van der Waals surface area contributed by atoms with Crippen LogP contribution in [0.1, 0.15) is 36.1 Å². The zero-order valence-electron chi connectivity index (χ0n) is 16.5. The molecule has 0 aliphatic rings. The minimum atomic E-state index is -0.339. The van der Waals surface area contributed by atoms with Crippen LogP contribution < -0.4 is 9.47 Å². The number of para-hydroxylation sites is 1. The number of nitrogens with zero attached hydrogens (tertiary/aromatic N) is 3. The highest BCUT2D eigenvalue weighted by Gasteiger charge is 2.20. The van der Waals surface area contributed by atoms with Crippen LogP contribution in [0.3, 0.4) is 0 Å². The molecule has 3 aromatic rings. The van der Waals surface area contributed by atoms with Crippen molar-refractivity contribution in [3.05, 3.63) is 64.9 Å². The zero-order valence-corrected chi connectivity index (χ0v) is 18.0. The fourth-order valence-corrected chi connectivity index (χ4v) is 3.86. The lowest BCUT2D eigenvalue weighted by Crippen LogP contribution is -2.12. The van der Waals surface area contributed by atoms with Crippen LogP contribution in [0, 0.1) is 0 Å². The lowest BCUT2D eigenvalue weighted by molar-refractivity contribution is 0.102. The number of carbonyl (C=O) groups excluding carboxylic acids is 1. The Labute approximate surface area is 179 Å². The first-order valence-electron chi connectivity index (χ1n) is 9.17. The Morgan fingerprint density at radius 1 is 1.17 bits per heavy atom. The first kappa shape index (κ1) is 21.2. The fourth-order valence-electron chi connectivity index (χ4n) is 2.78. The van der Waals surface area contributed by atoms with Crippen LogP contribution >= 0.6 is 23.4 Å². The molecule has 0 radical (unpaired) electrons. The lowest BCUT2D eigenvalue weighted by atomic mass is 10.1. The number of Topliss-reactive ketones (excluding diaryl/α,β-unsaturated/α-hetero) is 1. The van der Waals surface area contributed by atoms with Crippen LogP contribution in [0.5, 0.6) is 11.5 Å². The molecule has 1 aromatic heterocycles. The number of ketones is 1. The predicted octanol–water partition coefficient (Wildman–Crippen LogP) is 5.08. The van der Waals surface area contributed by atoms with Gasteiger partial charge >= 0.3 is 0 Å². The molecular formula is C21H22ClN3O3S. The van der Waals surface area contributed by atoms with Gasteiger partial charge in [0, 0.05) is 12.1 Å². The molecule has 0 bridgehead atoms. The molecule has 0 fully saturated rings. The molecule has 0 saturated carbocycles. The number of aromatic nitrogens is 3. The summed E-state index contributed by atoms with van der Waals surface area (Å²) in [5, 5.41) is 9.76. The van der Waals surface area contributed by atoms with E-state index >= 15 is 0 Å². The van der Waals surface area contributed by atoms with Gasteiger partial charge in [-0.1, -0.05) is 35.5 Å². The number of halogens is 1. The van der Waals surface area contributed by atoms with E-state index in [1.165, 1.54) is 11.8 Å². The van der Waals surface area contributed by atoms with Crippen LogP contribution in [0.25, 0.3) is 0 Å². The van der Waals surface area contributed by atoms with Gasteiger partial charge < -0.3 is 14.0 Å². The Hall–Kier alpha value is -2.51. The van der Waals surface area contributed by atoms with Crippen molar-refractivity contribution in [1.82, 2.24) is 14.8 Å². The molecular weight excluding hydrogens is 410 g/mol. The van der Waals surface area contributed by atoms with Gasteiger partial charge in [0.2, 0.25) is 0 Å². The van der Waals surface area contributed by atoms with Gasteiger partial charge in [-0.25, -0.2) is 0 Å². The average molecular weight is 432 g/mol. The predicted molar refractivity (Wildman–Crippen MR) is 114 cm³/mol. The molecule has 0 amide bonds. The third kappa shape index (κ3) is 5.10. The van der Waals surface area contributed by atoms with Gasteiger partial charge in [-0.05, 0) is 50.2 Å². The molecule has 0 N–H and O–H groups in total. The largest absolute Gasteiger partial charge is 0.497 e. The zero-order chi connectivity index (χ0) is 20.8. The summed E-state index contributed by atoms with van der Waals surface area (Å²) in [6.07, 6.45) is -0.339. The number of methoxy groups -OCH3 is 1. The van der Waals surface area contributed by atoms with Crippen molar-refractivity contribution in [3.8, 4) is 11.5 Å². The Kier molecular flexibility index (Phi) is 7.17. The van der Waals surface area contributed by atoms with Gasteiger partial charge in [0.25, 0.3) is 0 Å². The third-order valence-corrected chi connectivity index (χ3v) is 5.59. The van der Waals surface area contributed by atoms with E-state index in [1.807, 2.05) is 36.6 Å². The van der Waals surface area contributed by atoms with E-state index in [9.17, 15) is 4.79 Å². The van der Waals surface area contributed by atoms with E-state index < -0.39 is 0 Å². The molecule has 6 nitrogen and oxygen atoms in total. The van der Waals surface area contributed by atoms with Crippen molar-refractivity contribution >= 4 is 29.1 Å². The summed E-state index contributed by atoms with van der Waals surface area (Å²) in [7, 11) is 1.60. The van der Waals surface area contributed by atoms with Gasteiger partial charge in [0.05, 0.1) is 17.9 Å². The first-order valence-corrected chi connectivity index (χ1v) is 10.5. The molecule has 29 heavy (non-hydrogen) atoms. The average Bonchev–Trinajstić information content (AvgIpc) is 3.16. The van der Waals surface area contributed by atoms with Crippen molar-refractivity contribution in [2.24, 2.45) is 0 Å². The second kappa shape index (κ2) is 9.80. The Bertz CT molecular complexity index is 976. The minimum Gasteiger partial charge on any atom is -0.497 e. The maximum atomic E-state index is 12.5. The number of ether oxygens (including phenoxy) is 2. The summed E-state index contributed by atoms with van der Waals surface area (Å²) in [6, 6.07) is 14.4. The summed E-state index contributed by atoms with van der Waals surface area (Å²) in [5.74, 6) is 2.29. The van der Waals surface area contributed by atoms with E-state index in [2.05, 4.69) is 10.2 Å². The normalized spacial score (nSPS) is 11.9. The van der Waals surface area contributed by atoms with Crippen LogP contribution in [-0.4, -0.2) is 33.4 Å². The van der Waals surface area contributed by atoms with E-state index in [0.717, 1.165) is 5.75 Å². The van der Waals surface area contributed by atoms with Crippen LogP contribution in [-0.2, 0) is 6.54 Å². The second-order valence-electron chi connectivity index (χ2n) is 6.22. The van der Waals surface area contributed by atoms with Gasteiger partial charge in [-0.3, -0.25) is 4.79 Å². The quantitative estimate of drug-likeness (QED) is 0.348. The molecule has 0 aliphatic heterocycles. The van der Waals surface area contributed by atoms with Crippen molar-refractivity contribution in [3.63, 3.8) is 0 Å². The highest BCUT2D eigenvalue weighted by Crippen LogP contribution is 2.29. The number of hydrogen-bond acceptors (Lipinski definition) is 6. The Balaban J connectivity index is 1.68. The number of thioether (sulfide) groups is 1. The smallest absolute Gasteiger partial charge is 0.191 e. The molecule has 1 unspecified atom stereocenters. The fraction of sp³-hybridized carbons (Fsp3) is 0.286. The monoisotopic (exact) mass is 431 g/mol. The Morgan fingerprint density at radius 2 is 1.90 bits per heavy atom. The van der Waals surface area contributed by atoms with Crippen molar-refractivity contribution in [2.75, 3.05) is 12.9 Å². The molecule has 1 atom stereocenters. The molecule has 0 aliphatic carbocycles. The maximum Gasteiger partial charge on any atom is 0.191 e. The van der Waals surface area contributed by atoms with Gasteiger partial charge in [0.15, 0.2) is 22.9 Å². The van der Waals surface area contributed by atoms with Crippen LogP contribution in [0.4, 0.5) is 0 Å². The van der Waals surface area contributed by atoms with Crippen molar-refractivity contribution < 1.29 is 14.3 Å². The molecule has 0 saturated heterocycles. The molecule has 152 valence electrons. The summed E-state index contributed by atoms with van der Waals surface area (Å²) >= 11 is 7.54. The van der Waals surface area contributed by atoms with Gasteiger partial charge in [0.1, 0.15) is 11.5 Å². The summed E-state index contributed by atoms with van der Waals surface area (Å²) in [5.41, 5.74) is 0.636. The van der Waals surface area contributed by atoms with Gasteiger partial charge in [-0.2, -0.15) is 0 Å². The minimum absolute atomic E-state index is 0.0187. The molecule has 2 aromatic carbocycles. The van der Waals surface area contributed by atoms with E-state index in [1.54, 1.807) is 37.4 Å². The highest BCUT2D eigenvalue weighted by atomic mass is 35.5. The van der Waals surface area contributed by atoms with E-state index in [4.69, 9.17) is 21.1 Å². The maximum absolute atomic E-state index is 12.5. The molecule has 3 rings (SSSR count). The third-order valence-electron chi connectivity index (χ3n) is 4.31. The second-order valence-corrected chi connectivity index (χ2v) is 7.57. The van der Waals surface area contributed by atoms with Crippen molar-refractivity contribution in [2.45, 2.75) is 31.7 Å². The summed E-state index contributed by atoms with van der Waals surface area (Å²) in [4.78, 5) is 12.5.